The lowest BCUT2D eigenvalue weighted by molar-refractivity contribution is -0.145. The standard InChI is InChI=1S/C18H22N4O3S/c1-24-12-16-19-18(26-20-16)22-8-9-25-15(11-22)17(23)21-7-6-13-4-2-3-5-14(13)10-21/h2-5,15H,6-12H2,1H3. The van der Waals surface area contributed by atoms with E-state index in [1.807, 2.05) is 11.0 Å². The number of morpholine rings is 1. The van der Waals surface area contributed by atoms with Crippen molar-refractivity contribution in [1.29, 1.82) is 0 Å². The lowest BCUT2D eigenvalue weighted by Crippen LogP contribution is -2.52. The SMILES string of the molecule is COCc1nsc(N2CCOC(C(=O)N3CCc4ccccc4C3)C2)n1. The van der Waals surface area contributed by atoms with Crippen molar-refractivity contribution in [2.24, 2.45) is 0 Å². The summed E-state index contributed by atoms with van der Waals surface area (Å²) in [5.74, 6) is 0.736. The zero-order valence-electron chi connectivity index (χ0n) is 14.8. The quantitative estimate of drug-likeness (QED) is 0.807. The van der Waals surface area contributed by atoms with E-state index in [-0.39, 0.29) is 5.91 Å². The zero-order chi connectivity index (χ0) is 17.9. The molecule has 7 nitrogen and oxygen atoms in total. The molecule has 0 saturated carbocycles. The Morgan fingerprint density at radius 3 is 3.04 bits per heavy atom. The third kappa shape index (κ3) is 3.58. The van der Waals surface area contributed by atoms with Crippen molar-refractivity contribution in [1.82, 2.24) is 14.3 Å². The highest BCUT2D eigenvalue weighted by Gasteiger charge is 2.32. The van der Waals surface area contributed by atoms with Gasteiger partial charge in [-0.05, 0) is 17.5 Å². The summed E-state index contributed by atoms with van der Waals surface area (Å²) >= 11 is 1.34. The molecule has 1 aromatic carbocycles. The van der Waals surface area contributed by atoms with Crippen LogP contribution < -0.4 is 4.90 Å². The van der Waals surface area contributed by atoms with Crippen LogP contribution >= 0.6 is 11.5 Å². The van der Waals surface area contributed by atoms with E-state index in [4.69, 9.17) is 9.47 Å². The Labute approximate surface area is 156 Å². The summed E-state index contributed by atoms with van der Waals surface area (Å²) < 4.78 is 15.2. The molecule has 0 aliphatic carbocycles. The minimum Gasteiger partial charge on any atom is -0.377 e. The monoisotopic (exact) mass is 374 g/mol. The number of benzene rings is 1. The number of hydrogen-bond donors (Lipinski definition) is 0. The number of methoxy groups -OCH3 is 1. The molecule has 2 aliphatic heterocycles. The molecule has 2 aliphatic rings. The highest BCUT2D eigenvalue weighted by molar-refractivity contribution is 7.09. The van der Waals surface area contributed by atoms with Crippen molar-refractivity contribution in [3.8, 4) is 0 Å². The summed E-state index contributed by atoms with van der Waals surface area (Å²) in [5.41, 5.74) is 2.57. The molecular formula is C18H22N4O3S. The number of carbonyl (C=O) groups excluding carboxylic acids is 1. The van der Waals surface area contributed by atoms with Crippen molar-refractivity contribution >= 4 is 22.6 Å². The van der Waals surface area contributed by atoms with Crippen molar-refractivity contribution in [2.75, 3.05) is 38.3 Å². The van der Waals surface area contributed by atoms with Gasteiger partial charge >= 0.3 is 0 Å². The molecule has 0 spiro atoms. The van der Waals surface area contributed by atoms with Crippen LogP contribution in [0.4, 0.5) is 5.13 Å². The third-order valence-corrected chi connectivity index (χ3v) is 5.60. The van der Waals surface area contributed by atoms with Gasteiger partial charge in [0.2, 0.25) is 5.13 Å². The molecule has 1 unspecified atom stereocenters. The van der Waals surface area contributed by atoms with Crippen molar-refractivity contribution in [2.45, 2.75) is 25.7 Å². The number of rotatable bonds is 4. The highest BCUT2D eigenvalue weighted by Crippen LogP contribution is 2.23. The van der Waals surface area contributed by atoms with Crippen molar-refractivity contribution < 1.29 is 14.3 Å². The topological polar surface area (TPSA) is 67.8 Å². The van der Waals surface area contributed by atoms with Gasteiger partial charge in [0.05, 0.1) is 13.2 Å². The van der Waals surface area contributed by atoms with Gasteiger partial charge in [0.15, 0.2) is 11.9 Å². The summed E-state index contributed by atoms with van der Waals surface area (Å²) in [4.78, 5) is 21.5. The molecule has 0 radical (unpaired) electrons. The van der Waals surface area contributed by atoms with E-state index in [0.29, 0.717) is 38.7 Å². The summed E-state index contributed by atoms with van der Waals surface area (Å²) in [6.07, 6.45) is 0.443. The number of fused-ring (bicyclic) bond motifs is 1. The average Bonchev–Trinajstić information content (AvgIpc) is 3.16. The number of hydrogen-bond acceptors (Lipinski definition) is 7. The Morgan fingerprint density at radius 1 is 1.35 bits per heavy atom. The molecule has 1 fully saturated rings. The van der Waals surface area contributed by atoms with Gasteiger partial charge in [0.1, 0.15) is 6.61 Å². The largest absolute Gasteiger partial charge is 0.377 e. The minimum atomic E-state index is -0.455. The average molecular weight is 374 g/mol. The van der Waals surface area contributed by atoms with Crippen molar-refractivity contribution in [3.05, 3.63) is 41.2 Å². The number of ether oxygens (including phenoxy) is 2. The maximum absolute atomic E-state index is 13.0. The first-order chi connectivity index (χ1) is 12.7. The van der Waals surface area contributed by atoms with Gasteiger partial charge in [-0.15, -0.1) is 0 Å². The third-order valence-electron chi connectivity index (χ3n) is 4.79. The van der Waals surface area contributed by atoms with Gasteiger partial charge in [-0.1, -0.05) is 24.3 Å². The minimum absolute atomic E-state index is 0.0610. The van der Waals surface area contributed by atoms with E-state index in [2.05, 4.69) is 32.5 Å². The second kappa shape index (κ2) is 7.69. The maximum Gasteiger partial charge on any atom is 0.253 e. The number of nitrogens with zero attached hydrogens (tertiary/aromatic N) is 4. The predicted molar refractivity (Wildman–Crippen MR) is 98.1 cm³/mol. The molecule has 1 atom stereocenters. The van der Waals surface area contributed by atoms with E-state index in [0.717, 1.165) is 18.1 Å². The molecule has 8 heteroatoms. The Bertz CT molecular complexity index is 781. The summed E-state index contributed by atoms with van der Waals surface area (Å²) in [6, 6.07) is 8.32. The van der Waals surface area contributed by atoms with Crippen LogP contribution in [0.15, 0.2) is 24.3 Å². The van der Waals surface area contributed by atoms with Crippen LogP contribution in [0.25, 0.3) is 0 Å². The van der Waals surface area contributed by atoms with E-state index in [1.54, 1.807) is 7.11 Å². The first kappa shape index (κ1) is 17.4. The fraction of sp³-hybridized carbons (Fsp3) is 0.500. The Kier molecular flexibility index (Phi) is 5.14. The zero-order valence-corrected chi connectivity index (χ0v) is 15.6. The molecule has 138 valence electrons. The van der Waals surface area contributed by atoms with Crippen LogP contribution in [0.3, 0.4) is 0 Å². The summed E-state index contributed by atoms with van der Waals surface area (Å²) in [5, 5.41) is 0.821. The van der Waals surface area contributed by atoms with E-state index >= 15 is 0 Å². The second-order valence-corrected chi connectivity index (χ2v) is 7.24. The Morgan fingerprint density at radius 2 is 2.19 bits per heavy atom. The molecule has 4 rings (SSSR count). The number of carbonyl (C=O) groups is 1. The number of aromatic nitrogens is 2. The van der Waals surface area contributed by atoms with E-state index in [9.17, 15) is 4.79 Å². The summed E-state index contributed by atoms with van der Waals surface area (Å²) in [7, 11) is 1.63. The van der Waals surface area contributed by atoms with Crippen LogP contribution in [-0.4, -0.2) is 59.6 Å². The number of anilines is 1. The van der Waals surface area contributed by atoms with Crippen LogP contribution in [0, 0.1) is 0 Å². The lowest BCUT2D eigenvalue weighted by atomic mass is 9.99. The van der Waals surface area contributed by atoms with Gasteiger partial charge in [-0.3, -0.25) is 4.79 Å². The predicted octanol–water partition coefficient (Wildman–Crippen LogP) is 1.47. The van der Waals surface area contributed by atoms with Gasteiger partial charge in [0.25, 0.3) is 5.91 Å². The second-order valence-electron chi connectivity index (χ2n) is 6.51. The molecule has 2 aromatic rings. The van der Waals surface area contributed by atoms with Gasteiger partial charge in [0, 0.05) is 38.3 Å². The van der Waals surface area contributed by atoms with Crippen LogP contribution in [0.5, 0.6) is 0 Å². The fourth-order valence-electron chi connectivity index (χ4n) is 3.42. The van der Waals surface area contributed by atoms with E-state index in [1.165, 1.54) is 22.7 Å². The van der Waals surface area contributed by atoms with Crippen molar-refractivity contribution in [3.63, 3.8) is 0 Å². The normalized spacial score (nSPS) is 20.1. The summed E-state index contributed by atoms with van der Waals surface area (Å²) in [6.45, 7) is 3.54. The molecule has 1 aromatic heterocycles. The Hall–Kier alpha value is -2.03. The molecule has 3 heterocycles. The highest BCUT2D eigenvalue weighted by atomic mass is 32.1. The molecule has 0 N–H and O–H groups in total. The van der Waals surface area contributed by atoms with Gasteiger partial charge < -0.3 is 19.3 Å². The molecule has 1 saturated heterocycles. The van der Waals surface area contributed by atoms with Gasteiger partial charge in [-0.2, -0.15) is 4.37 Å². The number of amides is 1. The van der Waals surface area contributed by atoms with E-state index < -0.39 is 6.10 Å². The molecule has 26 heavy (non-hydrogen) atoms. The molecule has 1 amide bonds. The smallest absolute Gasteiger partial charge is 0.253 e. The lowest BCUT2D eigenvalue weighted by Gasteiger charge is -2.36. The first-order valence-electron chi connectivity index (χ1n) is 8.78. The Balaban J connectivity index is 1.42. The molecule has 0 bridgehead atoms. The van der Waals surface area contributed by atoms with Crippen LogP contribution in [-0.2, 0) is 33.8 Å². The van der Waals surface area contributed by atoms with Crippen LogP contribution in [0.2, 0.25) is 0 Å². The van der Waals surface area contributed by atoms with Gasteiger partial charge in [-0.25, -0.2) is 4.98 Å². The van der Waals surface area contributed by atoms with Crippen LogP contribution in [0.1, 0.15) is 17.0 Å². The fourth-order valence-corrected chi connectivity index (χ4v) is 4.13. The maximum atomic E-state index is 13.0. The molecular weight excluding hydrogens is 352 g/mol. The first-order valence-corrected chi connectivity index (χ1v) is 9.55.